The van der Waals surface area contributed by atoms with Crippen LogP contribution in [-0.4, -0.2) is 60.1 Å². The van der Waals surface area contributed by atoms with Crippen molar-refractivity contribution in [2.75, 3.05) is 31.4 Å². The van der Waals surface area contributed by atoms with Crippen LogP contribution in [0.4, 0.5) is 5.69 Å². The highest BCUT2D eigenvalue weighted by molar-refractivity contribution is 8.01. The number of benzene rings is 1. The molecular formula is C19H25N3O4S. The molecule has 7 nitrogen and oxygen atoms in total. The fourth-order valence-electron chi connectivity index (χ4n) is 3.39. The Bertz CT molecular complexity index is 737. The van der Waals surface area contributed by atoms with Gasteiger partial charge in [0.25, 0.3) is 5.91 Å². The van der Waals surface area contributed by atoms with E-state index < -0.39 is 12.0 Å². The van der Waals surface area contributed by atoms with E-state index in [1.807, 2.05) is 50.2 Å². The van der Waals surface area contributed by atoms with Crippen LogP contribution in [0.3, 0.4) is 0 Å². The lowest BCUT2D eigenvalue weighted by atomic mass is 10.2. The second-order valence-corrected chi connectivity index (χ2v) is 8.71. The maximum absolute atomic E-state index is 12.3. The summed E-state index contributed by atoms with van der Waals surface area (Å²) in [5, 5.41) is 2.74. The number of hydrogen-bond donors (Lipinski definition) is 1. The first kappa shape index (κ1) is 19.5. The Kier molecular flexibility index (Phi) is 5.64. The van der Waals surface area contributed by atoms with Gasteiger partial charge in [0.05, 0.1) is 4.87 Å². The molecule has 0 aromatic heterocycles. The van der Waals surface area contributed by atoms with Crippen LogP contribution in [-0.2, 0) is 25.7 Å². The third-order valence-electron chi connectivity index (χ3n) is 5.00. The van der Waals surface area contributed by atoms with E-state index in [2.05, 4.69) is 5.32 Å². The Hall–Kier alpha value is -2.22. The normalized spacial score (nSPS) is 23.9. The van der Waals surface area contributed by atoms with E-state index in [0.29, 0.717) is 18.7 Å². The van der Waals surface area contributed by atoms with Gasteiger partial charge in [-0.1, -0.05) is 12.1 Å². The highest BCUT2D eigenvalue weighted by Crippen LogP contribution is 2.47. The highest BCUT2D eigenvalue weighted by atomic mass is 32.2. The van der Waals surface area contributed by atoms with Crippen LogP contribution in [0.5, 0.6) is 0 Å². The van der Waals surface area contributed by atoms with Gasteiger partial charge in [-0.2, -0.15) is 0 Å². The number of nitrogens with zero attached hydrogens (tertiary/aromatic N) is 2. The Morgan fingerprint density at radius 1 is 1.33 bits per heavy atom. The number of amides is 2. The quantitative estimate of drug-likeness (QED) is 0.738. The number of carbonyl (C=O) groups excluding carboxylic acids is 3. The first-order valence-corrected chi connectivity index (χ1v) is 9.94. The van der Waals surface area contributed by atoms with E-state index >= 15 is 0 Å². The molecular weight excluding hydrogens is 366 g/mol. The van der Waals surface area contributed by atoms with Crippen LogP contribution in [0.15, 0.2) is 24.3 Å². The predicted molar refractivity (Wildman–Crippen MR) is 104 cm³/mol. The number of rotatable bonds is 6. The molecule has 1 N–H and O–H groups in total. The van der Waals surface area contributed by atoms with Gasteiger partial charge in [0.2, 0.25) is 5.91 Å². The third kappa shape index (κ3) is 4.21. The summed E-state index contributed by atoms with van der Waals surface area (Å²) in [6.07, 6.45) is 1.20. The van der Waals surface area contributed by atoms with Crippen molar-refractivity contribution in [2.45, 2.75) is 37.2 Å². The van der Waals surface area contributed by atoms with Gasteiger partial charge in [0.1, 0.15) is 6.04 Å². The zero-order valence-corrected chi connectivity index (χ0v) is 16.7. The molecule has 0 saturated carbocycles. The van der Waals surface area contributed by atoms with Crippen molar-refractivity contribution < 1.29 is 19.1 Å². The standard InChI is InChI=1S/C19H25N3O4S/c1-19-9-8-17(24)22(19)15(12-27-19)18(25)26-11-16(23)20-10-13-4-6-14(7-5-13)21(2)3/h4-7,15H,8-12H2,1-3H3,(H,20,23)/t15-,19-/m1/s1. The molecule has 0 aliphatic carbocycles. The molecule has 0 unspecified atom stereocenters. The van der Waals surface area contributed by atoms with Gasteiger partial charge in [-0.25, -0.2) is 4.79 Å². The largest absolute Gasteiger partial charge is 0.454 e. The molecule has 2 aliphatic heterocycles. The molecule has 0 bridgehead atoms. The van der Waals surface area contributed by atoms with Gasteiger partial charge in [0.15, 0.2) is 6.61 Å². The van der Waals surface area contributed by atoms with Crippen molar-refractivity contribution in [3.63, 3.8) is 0 Å². The molecule has 8 heteroatoms. The first-order valence-electron chi connectivity index (χ1n) is 8.96. The summed E-state index contributed by atoms with van der Waals surface area (Å²) in [5.74, 6) is -0.371. The average Bonchev–Trinajstić information content (AvgIpc) is 3.14. The number of carbonyl (C=O) groups is 3. The van der Waals surface area contributed by atoms with Gasteiger partial charge >= 0.3 is 5.97 Å². The lowest BCUT2D eigenvalue weighted by molar-refractivity contribution is -0.156. The minimum Gasteiger partial charge on any atom is -0.454 e. The van der Waals surface area contributed by atoms with E-state index in [1.165, 1.54) is 0 Å². The van der Waals surface area contributed by atoms with E-state index in [9.17, 15) is 14.4 Å². The molecule has 3 rings (SSSR count). The predicted octanol–water partition coefficient (Wildman–Crippen LogP) is 1.37. The zero-order valence-electron chi connectivity index (χ0n) is 15.9. The molecule has 27 heavy (non-hydrogen) atoms. The highest BCUT2D eigenvalue weighted by Gasteiger charge is 2.53. The van der Waals surface area contributed by atoms with Crippen LogP contribution in [0, 0.1) is 0 Å². The lowest BCUT2D eigenvalue weighted by Gasteiger charge is -2.29. The Balaban J connectivity index is 1.45. The zero-order chi connectivity index (χ0) is 19.6. The van der Waals surface area contributed by atoms with E-state index in [4.69, 9.17) is 4.74 Å². The molecule has 2 amide bonds. The second-order valence-electron chi connectivity index (χ2n) is 7.21. The number of esters is 1. The molecule has 0 radical (unpaired) electrons. The molecule has 146 valence electrons. The van der Waals surface area contributed by atoms with Gasteiger partial charge in [0, 0.05) is 38.5 Å². The minimum atomic E-state index is -0.596. The Labute approximate surface area is 163 Å². The van der Waals surface area contributed by atoms with Gasteiger partial charge in [-0.15, -0.1) is 11.8 Å². The van der Waals surface area contributed by atoms with Crippen LogP contribution in [0.2, 0.25) is 0 Å². The number of ether oxygens (including phenoxy) is 1. The van der Waals surface area contributed by atoms with Crippen LogP contribution >= 0.6 is 11.8 Å². The number of nitrogens with one attached hydrogen (secondary N) is 1. The maximum atomic E-state index is 12.3. The average molecular weight is 391 g/mol. The number of anilines is 1. The SMILES string of the molecule is CN(C)c1ccc(CNC(=O)COC(=O)[C@H]2CS[C@]3(C)CCC(=O)N23)cc1. The number of hydrogen-bond acceptors (Lipinski definition) is 6. The second kappa shape index (κ2) is 7.80. The summed E-state index contributed by atoms with van der Waals surface area (Å²) in [5.41, 5.74) is 2.04. The molecule has 2 aliphatic rings. The Morgan fingerprint density at radius 3 is 2.70 bits per heavy atom. The van der Waals surface area contributed by atoms with E-state index in [1.54, 1.807) is 16.7 Å². The van der Waals surface area contributed by atoms with Crippen molar-refractivity contribution in [3.05, 3.63) is 29.8 Å². The fourth-order valence-corrected chi connectivity index (χ4v) is 4.81. The number of thioether (sulfide) groups is 1. The summed E-state index contributed by atoms with van der Waals surface area (Å²) in [6.45, 7) is 2.00. The van der Waals surface area contributed by atoms with Crippen molar-refractivity contribution in [3.8, 4) is 0 Å². The van der Waals surface area contributed by atoms with Gasteiger partial charge in [-0.05, 0) is 31.0 Å². The van der Waals surface area contributed by atoms with Crippen molar-refractivity contribution >= 4 is 35.2 Å². The summed E-state index contributed by atoms with van der Waals surface area (Å²) in [4.78, 5) is 39.7. The van der Waals surface area contributed by atoms with Crippen molar-refractivity contribution in [2.24, 2.45) is 0 Å². The number of fused-ring (bicyclic) bond motifs is 1. The summed E-state index contributed by atoms with van der Waals surface area (Å²) in [6, 6.07) is 7.24. The molecule has 2 fully saturated rings. The molecule has 1 aromatic carbocycles. The van der Waals surface area contributed by atoms with E-state index in [0.717, 1.165) is 17.7 Å². The summed E-state index contributed by atoms with van der Waals surface area (Å²) < 4.78 is 5.16. The topological polar surface area (TPSA) is 79.0 Å². The lowest BCUT2D eigenvalue weighted by Crippen LogP contribution is -2.47. The minimum absolute atomic E-state index is 0.0185. The van der Waals surface area contributed by atoms with Crippen LogP contribution < -0.4 is 10.2 Å². The van der Waals surface area contributed by atoms with Gasteiger partial charge < -0.3 is 19.9 Å². The van der Waals surface area contributed by atoms with Gasteiger partial charge in [-0.3, -0.25) is 9.59 Å². The fraction of sp³-hybridized carbons (Fsp3) is 0.526. The summed E-state index contributed by atoms with van der Waals surface area (Å²) in [7, 11) is 3.93. The van der Waals surface area contributed by atoms with Crippen LogP contribution in [0.25, 0.3) is 0 Å². The molecule has 2 atom stereocenters. The molecule has 1 aromatic rings. The monoisotopic (exact) mass is 391 g/mol. The third-order valence-corrected chi connectivity index (χ3v) is 6.51. The Morgan fingerprint density at radius 2 is 2.04 bits per heavy atom. The maximum Gasteiger partial charge on any atom is 0.330 e. The smallest absolute Gasteiger partial charge is 0.330 e. The molecule has 2 heterocycles. The van der Waals surface area contributed by atoms with E-state index in [-0.39, 0.29) is 23.3 Å². The van der Waals surface area contributed by atoms with Crippen molar-refractivity contribution in [1.82, 2.24) is 10.2 Å². The van der Waals surface area contributed by atoms with Crippen molar-refractivity contribution in [1.29, 1.82) is 0 Å². The first-order chi connectivity index (χ1) is 12.8. The summed E-state index contributed by atoms with van der Waals surface area (Å²) >= 11 is 1.60. The molecule has 0 spiro atoms. The molecule has 2 saturated heterocycles. The van der Waals surface area contributed by atoms with Crippen LogP contribution in [0.1, 0.15) is 25.3 Å².